The molecule has 7 N–H and O–H groups in total. The highest BCUT2D eigenvalue weighted by Crippen LogP contribution is 2.49. The predicted octanol–water partition coefficient (Wildman–Crippen LogP) is 8.37. The van der Waals surface area contributed by atoms with E-state index in [0.717, 1.165) is 46.0 Å². The summed E-state index contributed by atoms with van der Waals surface area (Å²) < 4.78 is 29.9. The lowest BCUT2D eigenvalue weighted by atomic mass is 9.88. The van der Waals surface area contributed by atoms with Gasteiger partial charge in [0.05, 0.1) is 72.3 Å². The fourth-order valence-corrected chi connectivity index (χ4v) is 16.5. The standard InChI is InChI=1S/C73H94N8O18S2/c1-44(2)51(36-50(83)16-9-7-12-27-77-63(85)22-23-64(77)86)65(87)76-54(17-15-26-75-70(74)92)59(84)35-48-18-20-49(21-19-48)42-98-71(93)80-55-38-60(47(5)34-52(55)66(88)78-40-45(3)32-57(78)68(80)90)96-29-13-8-14-30-97-62-39-56-53(37-61(62)95-6)67(89)79-41-46(4)33-58(79)69(91)81(56)72(94)99-43-73(24-10-11-25-73)101-100-31-28-82/h18-23,34,37-39,44,51,54,57-58,68-69,82,90-91H,3-4,7-17,24-33,35-36,40-43H2,1-2,5-6H3,(H,76,87)(H3,74,75,92)/t51-,54-,57-,58-,68?,69?/m0/s1. The number of hydrogen-bond donors (Lipinski definition) is 6. The largest absolute Gasteiger partial charge is 0.493 e. The van der Waals surface area contributed by atoms with E-state index >= 15 is 0 Å². The zero-order chi connectivity index (χ0) is 72.7. The third-order valence-corrected chi connectivity index (χ3v) is 22.5. The fraction of sp³-hybridized carbons (Fsp3) is 0.534. The Labute approximate surface area is 596 Å². The van der Waals surface area contributed by atoms with Gasteiger partial charge in [0.15, 0.2) is 29.7 Å². The highest BCUT2D eigenvalue weighted by molar-refractivity contribution is 8.77. The second kappa shape index (κ2) is 35.4. The molecule has 9 rings (SSSR count). The Bertz CT molecular complexity index is 3620. The smallest absolute Gasteiger partial charge is 0.416 e. The number of aryl methyl sites for hydroxylation is 1. The number of methoxy groups -OCH3 is 1. The van der Waals surface area contributed by atoms with Crippen molar-refractivity contribution in [1.82, 2.24) is 25.3 Å². The van der Waals surface area contributed by atoms with Crippen molar-refractivity contribution in [1.29, 1.82) is 0 Å². The van der Waals surface area contributed by atoms with Crippen LogP contribution in [0.25, 0.3) is 0 Å². The van der Waals surface area contributed by atoms with E-state index in [9.17, 15) is 63.3 Å². The number of nitrogens with two attached hydrogens (primary N) is 1. The van der Waals surface area contributed by atoms with Crippen LogP contribution in [0.2, 0.25) is 0 Å². The monoisotopic (exact) mass is 1430 g/mol. The number of imide groups is 1. The van der Waals surface area contributed by atoms with Crippen LogP contribution in [-0.2, 0) is 46.5 Å². The van der Waals surface area contributed by atoms with E-state index < -0.39 is 72.4 Å². The van der Waals surface area contributed by atoms with Crippen LogP contribution in [0.15, 0.2) is 85.0 Å². The van der Waals surface area contributed by atoms with Crippen molar-refractivity contribution in [2.24, 2.45) is 17.6 Å². The number of unbranched alkanes of at least 4 members (excludes halogenated alkanes) is 4. The van der Waals surface area contributed by atoms with E-state index in [4.69, 9.17) is 29.4 Å². The summed E-state index contributed by atoms with van der Waals surface area (Å²) in [4.78, 5) is 140. The first kappa shape index (κ1) is 76.7. The predicted molar refractivity (Wildman–Crippen MR) is 379 cm³/mol. The van der Waals surface area contributed by atoms with Gasteiger partial charge in [-0.25, -0.2) is 24.2 Å². The van der Waals surface area contributed by atoms with Crippen molar-refractivity contribution in [2.45, 2.75) is 172 Å². The van der Waals surface area contributed by atoms with Crippen LogP contribution in [0.3, 0.4) is 0 Å². The van der Waals surface area contributed by atoms with Gasteiger partial charge in [-0.05, 0) is 112 Å². The van der Waals surface area contributed by atoms with Crippen molar-refractivity contribution in [2.75, 3.05) is 75.3 Å². The number of fused-ring (bicyclic) bond motifs is 4. The number of hydrogen-bond acceptors (Lipinski definition) is 20. The first-order valence-corrected chi connectivity index (χ1v) is 37.0. The summed E-state index contributed by atoms with van der Waals surface area (Å²) in [5.74, 6) is -2.09. The number of carbonyl (C=O) groups excluding carboxylic acids is 10. The zero-order valence-electron chi connectivity index (χ0n) is 57.9. The molecule has 546 valence electrons. The molecule has 0 aromatic heterocycles. The zero-order valence-corrected chi connectivity index (χ0v) is 59.5. The molecule has 3 fully saturated rings. The van der Waals surface area contributed by atoms with Crippen LogP contribution in [0, 0.1) is 18.8 Å². The molecule has 0 radical (unpaired) electrons. The van der Waals surface area contributed by atoms with Gasteiger partial charge in [-0.2, -0.15) is 0 Å². The minimum atomic E-state index is -1.55. The van der Waals surface area contributed by atoms with Gasteiger partial charge in [0, 0.05) is 81.4 Å². The van der Waals surface area contributed by atoms with Crippen LogP contribution in [0.5, 0.6) is 17.2 Å². The SMILES string of the molecule is C=C1C[C@H]2C(O)N(C(=O)OCc3ccc(CC(=O)[C@H](CCCNC(N)=O)NC(=O)[C@@H](CC(=O)CCCCCN4C(=O)C=CC4=O)C(C)C)cc3)c3cc(OCCCCCOc4cc5c(cc4OC)C(=O)N4CC(=C)C[C@H]4C(O)N5C(=O)OCC4(SSCCO)CCCC4)c(C)cc3C(=O)N2C1. The van der Waals surface area contributed by atoms with Crippen molar-refractivity contribution >= 4 is 92.3 Å². The maximum atomic E-state index is 14.4. The lowest BCUT2D eigenvalue weighted by Crippen LogP contribution is -2.51. The first-order chi connectivity index (χ1) is 48.4. The molecule has 0 spiro atoms. The number of benzene rings is 3. The van der Waals surface area contributed by atoms with Gasteiger partial charge in [0.1, 0.15) is 24.7 Å². The van der Waals surface area contributed by atoms with Crippen LogP contribution >= 0.6 is 21.6 Å². The van der Waals surface area contributed by atoms with Crippen LogP contribution in [0.1, 0.15) is 154 Å². The Hall–Kier alpha value is -8.44. The molecule has 26 nitrogen and oxygen atoms in total. The van der Waals surface area contributed by atoms with Gasteiger partial charge in [-0.15, -0.1) is 0 Å². The molecule has 6 atom stereocenters. The number of ether oxygens (including phenoxy) is 5. The van der Waals surface area contributed by atoms with Gasteiger partial charge in [0.25, 0.3) is 23.6 Å². The molecule has 101 heavy (non-hydrogen) atoms. The summed E-state index contributed by atoms with van der Waals surface area (Å²) in [6.45, 7) is 14.6. The number of aliphatic hydroxyl groups is 3. The summed E-state index contributed by atoms with van der Waals surface area (Å²) in [6, 6.07) is 9.61. The topological polar surface area (TPSA) is 344 Å². The maximum absolute atomic E-state index is 14.4. The fourth-order valence-electron chi connectivity index (χ4n) is 13.7. The number of nitrogens with zero attached hydrogens (tertiary/aromatic N) is 5. The van der Waals surface area contributed by atoms with E-state index in [1.165, 1.54) is 52.0 Å². The minimum Gasteiger partial charge on any atom is -0.493 e. The number of anilines is 2. The molecule has 1 saturated carbocycles. The third kappa shape index (κ3) is 19.2. The molecule has 1 aliphatic carbocycles. The number of Topliss-reactive ketones (excluding diaryl/α,β-unsaturated/α-hetero) is 2. The molecule has 5 heterocycles. The van der Waals surface area contributed by atoms with Crippen LogP contribution in [0.4, 0.5) is 25.8 Å². The number of amides is 9. The quantitative estimate of drug-likeness (QED) is 0.0139. The number of aliphatic hydroxyl groups excluding tert-OH is 3. The number of primary amides is 1. The molecule has 6 aliphatic rings. The lowest BCUT2D eigenvalue weighted by molar-refractivity contribution is -0.137. The molecule has 2 unspecified atom stereocenters. The van der Waals surface area contributed by atoms with E-state index in [-0.39, 0.29) is 166 Å². The van der Waals surface area contributed by atoms with Crippen LogP contribution < -0.4 is 40.4 Å². The summed E-state index contributed by atoms with van der Waals surface area (Å²) in [5.41, 5.74) is 8.89. The van der Waals surface area contributed by atoms with Crippen molar-refractivity contribution in [3.8, 4) is 17.2 Å². The van der Waals surface area contributed by atoms with Gasteiger partial charge in [0.2, 0.25) is 5.91 Å². The molecule has 2 saturated heterocycles. The summed E-state index contributed by atoms with van der Waals surface area (Å²) in [5, 5.41) is 38.9. The first-order valence-electron chi connectivity index (χ1n) is 34.7. The molecule has 3 aromatic rings. The Morgan fingerprint density at radius 3 is 1.90 bits per heavy atom. The number of carbonyl (C=O) groups is 10. The lowest BCUT2D eigenvalue weighted by Gasteiger charge is -2.33. The minimum absolute atomic E-state index is 0.0210. The van der Waals surface area contributed by atoms with Crippen molar-refractivity contribution in [3.63, 3.8) is 0 Å². The summed E-state index contributed by atoms with van der Waals surface area (Å²) >= 11 is 0. The van der Waals surface area contributed by atoms with E-state index in [0.29, 0.717) is 78.7 Å². The maximum Gasteiger partial charge on any atom is 0.416 e. The molecular formula is C73H94N8O18S2. The van der Waals surface area contributed by atoms with Crippen molar-refractivity contribution in [3.05, 3.63) is 113 Å². The summed E-state index contributed by atoms with van der Waals surface area (Å²) in [6.07, 6.45) is 5.58. The molecule has 5 aliphatic heterocycles. The molecule has 28 heteroatoms. The molecule has 3 aromatic carbocycles. The van der Waals surface area contributed by atoms with Gasteiger partial charge >= 0.3 is 18.2 Å². The second-order valence-corrected chi connectivity index (χ2v) is 29.9. The normalized spacial score (nSPS) is 19.7. The number of rotatable bonds is 35. The Balaban J connectivity index is 0.805. The highest BCUT2D eigenvalue weighted by atomic mass is 33.1. The number of ketones is 2. The van der Waals surface area contributed by atoms with Gasteiger partial charge in [-0.3, -0.25) is 38.5 Å². The van der Waals surface area contributed by atoms with E-state index in [1.54, 1.807) is 54.1 Å². The average Bonchev–Trinajstić information content (AvgIpc) is 1.61. The average molecular weight is 1440 g/mol. The highest BCUT2D eigenvalue weighted by Gasteiger charge is 2.49. The second-order valence-electron chi connectivity index (χ2n) is 27.0. The molecular weight excluding hydrogens is 1340 g/mol. The Morgan fingerprint density at radius 1 is 0.733 bits per heavy atom. The molecule has 0 bridgehead atoms. The summed E-state index contributed by atoms with van der Waals surface area (Å²) in [7, 11) is 4.57. The van der Waals surface area contributed by atoms with Gasteiger partial charge in [-0.1, -0.05) is 103 Å². The van der Waals surface area contributed by atoms with E-state index in [1.807, 2.05) is 13.8 Å². The number of urea groups is 1. The Kier molecular flexibility index (Phi) is 26.9. The third-order valence-electron chi connectivity index (χ3n) is 19.2. The van der Waals surface area contributed by atoms with Crippen molar-refractivity contribution < 1.29 is 86.9 Å². The number of nitrogens with one attached hydrogen (secondary N) is 2. The van der Waals surface area contributed by atoms with Gasteiger partial charge < -0.3 is 65.2 Å². The molecule has 9 amide bonds. The Morgan fingerprint density at radius 2 is 1.31 bits per heavy atom. The van der Waals surface area contributed by atoms with Crippen LogP contribution in [-0.4, -0.2) is 190 Å². The van der Waals surface area contributed by atoms with E-state index in [2.05, 4.69) is 23.8 Å².